The van der Waals surface area contributed by atoms with Crippen LogP contribution in [0.25, 0.3) is 0 Å². The van der Waals surface area contributed by atoms with Gasteiger partial charge in [-0.15, -0.1) is 0 Å². The van der Waals surface area contributed by atoms with Crippen molar-refractivity contribution >= 4 is 11.9 Å². The Kier molecular flexibility index (Phi) is 2.29. The van der Waals surface area contributed by atoms with E-state index in [-0.39, 0.29) is 18.9 Å². The summed E-state index contributed by atoms with van der Waals surface area (Å²) >= 11 is 0. The number of carbonyl (C=O) groups is 2. The van der Waals surface area contributed by atoms with Crippen molar-refractivity contribution in [1.82, 2.24) is 4.90 Å². The lowest BCUT2D eigenvalue weighted by molar-refractivity contribution is -0.118. The lowest BCUT2D eigenvalue weighted by Crippen LogP contribution is -2.28. The van der Waals surface area contributed by atoms with Gasteiger partial charge in [0.2, 0.25) is 0 Å². The van der Waals surface area contributed by atoms with Crippen LogP contribution in [0.4, 0.5) is 4.79 Å². The zero-order valence-corrected chi connectivity index (χ0v) is 6.61. The first-order valence-electron chi connectivity index (χ1n) is 3.44. The minimum Gasteiger partial charge on any atom is -0.453 e. The summed E-state index contributed by atoms with van der Waals surface area (Å²) in [7, 11) is 1.24. The second-order valence-corrected chi connectivity index (χ2v) is 2.50. The summed E-state index contributed by atoms with van der Waals surface area (Å²) in [5.41, 5.74) is 0. The molecule has 0 radical (unpaired) electrons. The number of hydrogen-bond acceptors (Lipinski definition) is 4. The van der Waals surface area contributed by atoms with Gasteiger partial charge in [-0.2, -0.15) is 5.26 Å². The molecule has 1 aliphatic rings. The molecule has 1 amide bonds. The molecule has 0 aromatic rings. The highest BCUT2D eigenvalue weighted by Crippen LogP contribution is 2.12. The molecule has 5 nitrogen and oxygen atoms in total. The van der Waals surface area contributed by atoms with Crippen LogP contribution in [-0.4, -0.2) is 37.0 Å². The molecule has 12 heavy (non-hydrogen) atoms. The van der Waals surface area contributed by atoms with Crippen molar-refractivity contribution in [2.75, 3.05) is 20.2 Å². The van der Waals surface area contributed by atoms with Gasteiger partial charge in [-0.25, -0.2) is 4.79 Å². The van der Waals surface area contributed by atoms with Crippen LogP contribution in [0.3, 0.4) is 0 Å². The zero-order chi connectivity index (χ0) is 9.14. The van der Waals surface area contributed by atoms with Crippen LogP contribution < -0.4 is 0 Å². The van der Waals surface area contributed by atoms with Gasteiger partial charge >= 0.3 is 6.09 Å². The summed E-state index contributed by atoms with van der Waals surface area (Å²) in [6.07, 6.45) is -0.555. The van der Waals surface area contributed by atoms with Crippen molar-refractivity contribution < 1.29 is 14.3 Å². The van der Waals surface area contributed by atoms with Crippen molar-refractivity contribution in [1.29, 1.82) is 5.26 Å². The molecule has 0 N–H and O–H groups in total. The monoisotopic (exact) mass is 168 g/mol. The maximum absolute atomic E-state index is 11.0. The van der Waals surface area contributed by atoms with E-state index in [1.165, 1.54) is 12.0 Å². The van der Waals surface area contributed by atoms with Crippen LogP contribution in [0.15, 0.2) is 0 Å². The highest BCUT2D eigenvalue weighted by Gasteiger charge is 2.33. The molecule has 1 aliphatic heterocycles. The normalized spacial score (nSPS) is 22.2. The number of ether oxygens (including phenoxy) is 1. The van der Waals surface area contributed by atoms with Gasteiger partial charge in [0, 0.05) is 6.54 Å². The Morgan fingerprint density at radius 1 is 1.83 bits per heavy atom. The van der Waals surface area contributed by atoms with Gasteiger partial charge in [-0.1, -0.05) is 0 Å². The molecule has 0 saturated carbocycles. The van der Waals surface area contributed by atoms with Crippen molar-refractivity contribution in [2.45, 2.75) is 0 Å². The lowest BCUT2D eigenvalue weighted by atomic mass is 10.1. The van der Waals surface area contributed by atoms with E-state index in [9.17, 15) is 9.59 Å². The van der Waals surface area contributed by atoms with E-state index >= 15 is 0 Å². The molecule has 1 rings (SSSR count). The predicted molar refractivity (Wildman–Crippen MR) is 38.1 cm³/mol. The van der Waals surface area contributed by atoms with E-state index in [0.29, 0.717) is 0 Å². The average Bonchev–Trinajstić information content (AvgIpc) is 2.45. The fraction of sp³-hybridized carbons (Fsp3) is 0.571. The van der Waals surface area contributed by atoms with Crippen molar-refractivity contribution in [3.63, 3.8) is 0 Å². The molecule has 1 saturated heterocycles. The average molecular weight is 168 g/mol. The minimum absolute atomic E-state index is 0.00903. The molecule has 1 heterocycles. The molecule has 0 bridgehead atoms. The Labute approximate surface area is 69.5 Å². The van der Waals surface area contributed by atoms with Gasteiger partial charge in [0.25, 0.3) is 0 Å². The molecular weight excluding hydrogens is 160 g/mol. The van der Waals surface area contributed by atoms with Crippen LogP contribution >= 0.6 is 0 Å². The second kappa shape index (κ2) is 3.22. The summed E-state index contributed by atoms with van der Waals surface area (Å²) in [6.45, 7) is 0.146. The molecule has 1 fully saturated rings. The fourth-order valence-electron chi connectivity index (χ4n) is 1.07. The number of amides is 1. The maximum atomic E-state index is 11.0. The number of hydrogen-bond donors (Lipinski definition) is 0. The van der Waals surface area contributed by atoms with Gasteiger partial charge in [0.1, 0.15) is 5.92 Å². The van der Waals surface area contributed by atoms with Crippen molar-refractivity contribution in [3.8, 4) is 6.07 Å². The summed E-state index contributed by atoms with van der Waals surface area (Å²) in [4.78, 5) is 23.0. The maximum Gasteiger partial charge on any atom is 0.409 e. The standard InChI is InChI=1S/C7H8N2O3/c1-12-7(11)9-3-5(2-8)6(10)4-9/h5H,3-4H2,1H3. The molecular formula is C7H8N2O3. The zero-order valence-electron chi connectivity index (χ0n) is 6.61. The fourth-order valence-corrected chi connectivity index (χ4v) is 1.07. The van der Waals surface area contributed by atoms with Gasteiger partial charge in [0.05, 0.1) is 19.7 Å². The summed E-state index contributed by atoms with van der Waals surface area (Å²) in [5.74, 6) is -0.896. The Bertz CT molecular complexity index is 256. The van der Waals surface area contributed by atoms with E-state index < -0.39 is 12.0 Å². The van der Waals surface area contributed by atoms with E-state index in [0.717, 1.165) is 0 Å². The molecule has 0 spiro atoms. The number of nitriles is 1. The first kappa shape index (κ1) is 8.53. The predicted octanol–water partition coefficient (Wildman–Crippen LogP) is -0.223. The quantitative estimate of drug-likeness (QED) is 0.501. The van der Waals surface area contributed by atoms with Crippen LogP contribution in [0.1, 0.15) is 0 Å². The second-order valence-electron chi connectivity index (χ2n) is 2.50. The lowest BCUT2D eigenvalue weighted by Gasteiger charge is -2.11. The van der Waals surface area contributed by atoms with Crippen LogP contribution in [0.2, 0.25) is 0 Å². The Hall–Kier alpha value is -1.57. The van der Waals surface area contributed by atoms with E-state index in [2.05, 4.69) is 4.74 Å². The molecule has 5 heteroatoms. The number of ketones is 1. The topological polar surface area (TPSA) is 70.4 Å². The third-order valence-corrected chi connectivity index (χ3v) is 1.73. The van der Waals surface area contributed by atoms with E-state index in [4.69, 9.17) is 5.26 Å². The first-order valence-corrected chi connectivity index (χ1v) is 3.44. The number of Topliss-reactive ketones (excluding diaryl/α,β-unsaturated/α-hetero) is 1. The van der Waals surface area contributed by atoms with Gasteiger partial charge < -0.3 is 4.74 Å². The van der Waals surface area contributed by atoms with Gasteiger partial charge in [0.15, 0.2) is 5.78 Å². The Morgan fingerprint density at radius 3 is 2.92 bits per heavy atom. The first-order chi connectivity index (χ1) is 5.69. The number of rotatable bonds is 0. The minimum atomic E-state index is -0.677. The van der Waals surface area contributed by atoms with Crippen molar-refractivity contribution in [3.05, 3.63) is 0 Å². The number of nitrogens with zero attached hydrogens (tertiary/aromatic N) is 2. The SMILES string of the molecule is COC(=O)N1CC(=O)C(C#N)C1. The number of methoxy groups -OCH3 is 1. The van der Waals surface area contributed by atoms with Crippen molar-refractivity contribution in [2.24, 2.45) is 5.92 Å². The molecule has 0 aromatic carbocycles. The highest BCUT2D eigenvalue weighted by molar-refractivity contribution is 5.91. The largest absolute Gasteiger partial charge is 0.453 e. The summed E-state index contributed by atoms with van der Waals surface area (Å²) in [5, 5.41) is 8.46. The molecule has 0 aliphatic carbocycles. The summed E-state index contributed by atoms with van der Waals surface area (Å²) in [6, 6.07) is 1.82. The van der Waals surface area contributed by atoms with Crippen LogP contribution in [0.5, 0.6) is 0 Å². The van der Waals surface area contributed by atoms with Crippen LogP contribution in [0, 0.1) is 17.2 Å². The number of carbonyl (C=O) groups excluding carboxylic acids is 2. The highest BCUT2D eigenvalue weighted by atomic mass is 16.5. The molecule has 64 valence electrons. The Balaban J connectivity index is 2.61. The molecule has 1 atom stereocenters. The van der Waals surface area contributed by atoms with E-state index in [1.54, 1.807) is 0 Å². The molecule has 0 aromatic heterocycles. The number of likely N-dealkylation sites (tertiary alicyclic amines) is 1. The van der Waals surface area contributed by atoms with E-state index in [1.807, 2.05) is 6.07 Å². The third-order valence-electron chi connectivity index (χ3n) is 1.73. The third kappa shape index (κ3) is 1.37. The van der Waals surface area contributed by atoms with Gasteiger partial charge in [-0.05, 0) is 0 Å². The summed E-state index contributed by atoms with van der Waals surface area (Å²) < 4.78 is 4.40. The Morgan fingerprint density at radius 2 is 2.50 bits per heavy atom. The van der Waals surface area contributed by atoms with Crippen LogP contribution in [-0.2, 0) is 9.53 Å². The smallest absolute Gasteiger partial charge is 0.409 e. The van der Waals surface area contributed by atoms with Gasteiger partial charge in [-0.3, -0.25) is 9.69 Å². The molecule has 1 unspecified atom stereocenters.